The van der Waals surface area contributed by atoms with E-state index in [1.807, 2.05) is 48.1 Å². The molecule has 0 radical (unpaired) electrons. The smallest absolute Gasteiger partial charge is 0.118 e. The van der Waals surface area contributed by atoms with E-state index >= 15 is 0 Å². The number of ether oxygens (including phenoxy) is 1. The number of nitrogens with zero attached hydrogens (tertiary/aromatic N) is 3. The molecule has 3 N–H and O–H groups in total. The summed E-state index contributed by atoms with van der Waals surface area (Å²) in [4.78, 5) is 0. The Labute approximate surface area is 198 Å². The lowest BCUT2D eigenvalue weighted by molar-refractivity contribution is -0.0230. The van der Waals surface area contributed by atoms with Crippen LogP contribution in [0.4, 0.5) is 0 Å². The fourth-order valence-corrected chi connectivity index (χ4v) is 7.01. The Hall–Kier alpha value is -3.16. The van der Waals surface area contributed by atoms with Crippen molar-refractivity contribution in [3.63, 3.8) is 0 Å². The van der Waals surface area contributed by atoms with Crippen LogP contribution in [0.3, 0.4) is 0 Å². The van der Waals surface area contributed by atoms with E-state index in [1.165, 1.54) is 0 Å². The van der Waals surface area contributed by atoms with Crippen LogP contribution in [-0.2, 0) is 6.54 Å². The lowest BCUT2D eigenvalue weighted by Crippen LogP contribution is -2.42. The number of aliphatic hydroxyl groups is 2. The molecule has 2 unspecified atom stereocenters. The Bertz CT molecular complexity index is 1300. The van der Waals surface area contributed by atoms with E-state index in [4.69, 9.17) is 4.74 Å². The molecule has 7 nitrogen and oxygen atoms in total. The maximum atomic E-state index is 11.5. The van der Waals surface area contributed by atoms with E-state index in [2.05, 4.69) is 16.9 Å². The van der Waals surface area contributed by atoms with Gasteiger partial charge in [0.05, 0.1) is 31.6 Å². The van der Waals surface area contributed by atoms with Gasteiger partial charge in [-0.3, -0.25) is 4.68 Å². The molecule has 7 heteroatoms. The summed E-state index contributed by atoms with van der Waals surface area (Å²) >= 11 is 0. The molecule has 2 aromatic carbocycles. The molecule has 3 aliphatic carbocycles. The van der Waals surface area contributed by atoms with E-state index in [9.17, 15) is 15.3 Å². The van der Waals surface area contributed by atoms with Gasteiger partial charge in [0.25, 0.3) is 0 Å². The van der Waals surface area contributed by atoms with Crippen LogP contribution in [0.15, 0.2) is 54.7 Å². The van der Waals surface area contributed by atoms with Crippen molar-refractivity contribution in [1.82, 2.24) is 15.0 Å². The number of rotatable bonds is 4. The van der Waals surface area contributed by atoms with Crippen molar-refractivity contribution < 1.29 is 20.1 Å². The molecular formula is C27H29N3O4. The molecule has 1 spiro atoms. The van der Waals surface area contributed by atoms with Gasteiger partial charge in [0.2, 0.25) is 0 Å². The number of benzene rings is 2. The summed E-state index contributed by atoms with van der Waals surface area (Å²) in [6, 6.07) is 11.4. The second-order valence-electron chi connectivity index (χ2n) is 10.2. The zero-order chi connectivity index (χ0) is 23.8. The van der Waals surface area contributed by atoms with Crippen LogP contribution in [0.1, 0.15) is 47.8 Å². The largest absolute Gasteiger partial charge is 0.508 e. The Balaban J connectivity index is 1.43. The highest BCUT2D eigenvalue weighted by molar-refractivity contribution is 5.59. The normalized spacial score (nSPS) is 31.4. The maximum Gasteiger partial charge on any atom is 0.118 e. The second kappa shape index (κ2) is 7.17. The zero-order valence-electron chi connectivity index (χ0n) is 19.4. The van der Waals surface area contributed by atoms with Crippen LogP contribution in [0.25, 0.3) is 11.3 Å². The number of fused-ring (bicyclic) bond motifs is 3. The Morgan fingerprint density at radius 2 is 1.97 bits per heavy atom. The quantitative estimate of drug-likeness (QED) is 0.515. The number of hydrogen-bond acceptors (Lipinski definition) is 6. The minimum atomic E-state index is -1.05. The molecule has 1 aromatic heterocycles. The summed E-state index contributed by atoms with van der Waals surface area (Å²) in [7, 11) is 1.63. The highest BCUT2D eigenvalue weighted by atomic mass is 16.5. The molecule has 3 aliphatic rings. The first kappa shape index (κ1) is 21.4. The number of aromatic hydroxyl groups is 1. The van der Waals surface area contributed by atoms with Crippen molar-refractivity contribution >= 4 is 0 Å². The molecule has 5 atom stereocenters. The number of phenolic OH excluding ortho intramolecular Hbond substituents is 1. The van der Waals surface area contributed by atoms with Crippen LogP contribution < -0.4 is 4.74 Å². The van der Waals surface area contributed by atoms with Crippen molar-refractivity contribution in [2.45, 2.75) is 56.3 Å². The first-order valence-electron chi connectivity index (χ1n) is 11.7. The van der Waals surface area contributed by atoms with Gasteiger partial charge in [0.1, 0.15) is 17.2 Å². The molecule has 0 aliphatic heterocycles. The van der Waals surface area contributed by atoms with Gasteiger partial charge < -0.3 is 20.1 Å². The highest BCUT2D eigenvalue weighted by Crippen LogP contribution is 2.71. The van der Waals surface area contributed by atoms with E-state index < -0.39 is 17.1 Å². The van der Waals surface area contributed by atoms with Crippen molar-refractivity contribution in [3.05, 3.63) is 71.4 Å². The Morgan fingerprint density at radius 3 is 2.71 bits per heavy atom. The number of hydrogen-bond donors (Lipinski definition) is 3. The van der Waals surface area contributed by atoms with Crippen LogP contribution in [0.2, 0.25) is 0 Å². The molecule has 2 fully saturated rings. The number of methoxy groups -OCH3 is 1. The Kier molecular flexibility index (Phi) is 4.51. The summed E-state index contributed by atoms with van der Waals surface area (Å²) in [5, 5.41) is 42.2. The fraction of sp³-hybridized carbons (Fsp3) is 0.407. The third kappa shape index (κ3) is 2.71. The van der Waals surface area contributed by atoms with Crippen molar-refractivity contribution in [2.24, 2.45) is 5.41 Å². The van der Waals surface area contributed by atoms with Crippen molar-refractivity contribution in [2.75, 3.05) is 7.11 Å². The number of aliphatic hydroxyl groups excluding tert-OH is 1. The number of phenols is 1. The van der Waals surface area contributed by atoms with Gasteiger partial charge in [-0.05, 0) is 84.7 Å². The summed E-state index contributed by atoms with van der Waals surface area (Å²) in [5.41, 5.74) is 3.61. The van der Waals surface area contributed by atoms with Crippen LogP contribution in [0, 0.1) is 12.3 Å². The molecule has 3 aromatic rings. The lowest BCUT2D eigenvalue weighted by atomic mass is 9.62. The summed E-state index contributed by atoms with van der Waals surface area (Å²) in [6.45, 7) is 6.53. The number of aromatic nitrogens is 3. The molecule has 6 rings (SSSR count). The summed E-state index contributed by atoms with van der Waals surface area (Å²) in [6.07, 6.45) is 2.91. The zero-order valence-corrected chi connectivity index (χ0v) is 19.4. The van der Waals surface area contributed by atoms with Gasteiger partial charge in [-0.25, -0.2) is 0 Å². The standard InChI is InChI=1S/C27H29N3O4/c1-15-23(31)9-8-19-20-10-11-26(33)14-27(20,25(32)16(26)2)21(24(15)19)12-30-13-22(28-29-30)17-4-6-18(34-3)7-5-17/h4-9,13,20-21,25,31-33H,2,10-12,14H2,1,3H3/t20-,21-,25?,26-,27?/m0/s1. The predicted molar refractivity (Wildman–Crippen MR) is 127 cm³/mol. The van der Waals surface area contributed by atoms with Gasteiger partial charge in [-0.1, -0.05) is 17.9 Å². The van der Waals surface area contributed by atoms with Gasteiger partial charge in [0, 0.05) is 16.9 Å². The minimum absolute atomic E-state index is 0.0888. The average Bonchev–Trinajstić information content (AvgIpc) is 3.46. The van der Waals surface area contributed by atoms with Crippen molar-refractivity contribution in [3.8, 4) is 22.8 Å². The Morgan fingerprint density at radius 1 is 1.21 bits per heavy atom. The molecule has 1 heterocycles. The second-order valence-corrected chi connectivity index (χ2v) is 10.2. The van der Waals surface area contributed by atoms with Gasteiger partial charge in [0.15, 0.2) is 0 Å². The molecule has 0 saturated heterocycles. The van der Waals surface area contributed by atoms with E-state index in [-0.39, 0.29) is 17.6 Å². The average molecular weight is 460 g/mol. The van der Waals surface area contributed by atoms with E-state index in [0.717, 1.165) is 40.1 Å². The van der Waals surface area contributed by atoms with Gasteiger partial charge >= 0.3 is 0 Å². The SMILES string of the molecule is C=C1C(O)C23C[C@@]1(O)CC[C@H]2c1ccc(O)c(C)c1[C@@H]3Cn1cc(-c2ccc(OC)cc2)nn1. The molecule has 2 bridgehead atoms. The van der Waals surface area contributed by atoms with Gasteiger partial charge in [-0.15, -0.1) is 5.10 Å². The van der Waals surface area contributed by atoms with Crippen molar-refractivity contribution in [1.29, 1.82) is 0 Å². The monoisotopic (exact) mass is 459 g/mol. The third-order valence-corrected chi connectivity index (χ3v) is 8.72. The molecule has 34 heavy (non-hydrogen) atoms. The molecule has 176 valence electrons. The van der Waals surface area contributed by atoms with Crippen LogP contribution >= 0.6 is 0 Å². The molecule has 0 amide bonds. The van der Waals surface area contributed by atoms with Crippen LogP contribution in [0.5, 0.6) is 11.5 Å². The molecule has 2 saturated carbocycles. The lowest BCUT2D eigenvalue weighted by Gasteiger charge is -2.43. The topological polar surface area (TPSA) is 101 Å². The highest BCUT2D eigenvalue weighted by Gasteiger charge is 2.69. The first-order valence-corrected chi connectivity index (χ1v) is 11.7. The predicted octanol–water partition coefficient (Wildman–Crippen LogP) is 3.68. The molecular weight excluding hydrogens is 430 g/mol. The van der Waals surface area contributed by atoms with Gasteiger partial charge in [-0.2, -0.15) is 0 Å². The summed E-state index contributed by atoms with van der Waals surface area (Å²) < 4.78 is 7.06. The van der Waals surface area contributed by atoms with E-state index in [0.29, 0.717) is 25.0 Å². The first-order chi connectivity index (χ1) is 16.3. The van der Waals surface area contributed by atoms with Crippen LogP contribution in [-0.4, -0.2) is 49.1 Å². The fourth-order valence-electron chi connectivity index (χ4n) is 7.01. The maximum absolute atomic E-state index is 11.5. The summed E-state index contributed by atoms with van der Waals surface area (Å²) in [5.74, 6) is 0.967. The third-order valence-electron chi connectivity index (χ3n) is 8.72. The minimum Gasteiger partial charge on any atom is -0.508 e. The van der Waals surface area contributed by atoms with E-state index in [1.54, 1.807) is 13.2 Å².